The highest BCUT2D eigenvalue weighted by Crippen LogP contribution is 2.46. The fourth-order valence-electron chi connectivity index (χ4n) is 6.11. The SMILES string of the molecule is O=S(=O)(c1ccccc1C(F)(F)F)N1C[C@H]2CCCN3CCC[C@@H]([C@H]23)[C@H]1CCCCO. The fourth-order valence-corrected chi connectivity index (χ4v) is 8.08. The van der Waals surface area contributed by atoms with Crippen LogP contribution in [0.25, 0.3) is 0 Å². The number of halogens is 3. The van der Waals surface area contributed by atoms with Crippen molar-refractivity contribution in [1.29, 1.82) is 0 Å². The molecule has 4 rings (SSSR count). The lowest BCUT2D eigenvalue weighted by molar-refractivity contribution is -0.140. The van der Waals surface area contributed by atoms with E-state index in [-0.39, 0.29) is 31.0 Å². The van der Waals surface area contributed by atoms with E-state index in [1.54, 1.807) is 0 Å². The maximum atomic E-state index is 13.7. The molecule has 0 unspecified atom stereocenters. The van der Waals surface area contributed by atoms with Crippen LogP contribution >= 0.6 is 0 Å². The number of nitrogens with zero attached hydrogens (tertiary/aromatic N) is 2. The Balaban J connectivity index is 1.74. The van der Waals surface area contributed by atoms with Crippen LogP contribution in [-0.2, 0) is 16.2 Å². The predicted molar refractivity (Wildman–Crippen MR) is 111 cm³/mol. The molecule has 0 amide bonds. The van der Waals surface area contributed by atoms with Crippen molar-refractivity contribution >= 4 is 10.0 Å². The van der Waals surface area contributed by atoms with E-state index in [4.69, 9.17) is 0 Å². The largest absolute Gasteiger partial charge is 0.417 e. The second-order valence-corrected chi connectivity index (χ2v) is 10.9. The lowest BCUT2D eigenvalue weighted by Gasteiger charge is -2.57. The molecule has 0 spiro atoms. The molecule has 3 heterocycles. The van der Waals surface area contributed by atoms with E-state index < -0.39 is 26.7 Å². The second kappa shape index (κ2) is 9.00. The molecule has 0 aliphatic carbocycles. The minimum absolute atomic E-state index is 0.0270. The summed E-state index contributed by atoms with van der Waals surface area (Å²) in [5.74, 6) is 0.278. The summed E-state index contributed by atoms with van der Waals surface area (Å²) in [6.07, 6.45) is 0.836. The Kier molecular flexibility index (Phi) is 6.68. The van der Waals surface area contributed by atoms with Crippen LogP contribution in [0.3, 0.4) is 0 Å². The molecule has 0 saturated carbocycles. The highest BCUT2D eigenvalue weighted by molar-refractivity contribution is 7.89. The van der Waals surface area contributed by atoms with E-state index in [9.17, 15) is 26.7 Å². The van der Waals surface area contributed by atoms with E-state index in [0.29, 0.717) is 25.3 Å². The molecule has 31 heavy (non-hydrogen) atoms. The van der Waals surface area contributed by atoms with Crippen molar-refractivity contribution in [2.45, 2.75) is 68.1 Å². The van der Waals surface area contributed by atoms with Gasteiger partial charge in [0, 0.05) is 25.2 Å². The number of rotatable bonds is 6. The summed E-state index contributed by atoms with van der Waals surface area (Å²) in [6, 6.07) is 4.50. The summed E-state index contributed by atoms with van der Waals surface area (Å²) in [7, 11) is -4.32. The molecular formula is C22H31F3N2O3S. The van der Waals surface area contributed by atoms with Crippen molar-refractivity contribution < 1.29 is 26.7 Å². The van der Waals surface area contributed by atoms with Gasteiger partial charge in [-0.25, -0.2) is 8.42 Å². The Morgan fingerprint density at radius 1 is 1.06 bits per heavy atom. The van der Waals surface area contributed by atoms with E-state index in [1.165, 1.54) is 16.4 Å². The van der Waals surface area contributed by atoms with Crippen LogP contribution in [0.5, 0.6) is 0 Å². The number of unbranched alkanes of at least 4 members (excludes halogenated alkanes) is 1. The summed E-state index contributed by atoms with van der Waals surface area (Å²) in [6.45, 7) is 2.34. The van der Waals surface area contributed by atoms with Crippen LogP contribution in [0.2, 0.25) is 0 Å². The van der Waals surface area contributed by atoms with Crippen LogP contribution in [0.4, 0.5) is 13.2 Å². The van der Waals surface area contributed by atoms with Crippen molar-refractivity contribution in [3.05, 3.63) is 29.8 Å². The number of alkyl halides is 3. The average molecular weight is 461 g/mol. The molecular weight excluding hydrogens is 429 g/mol. The molecule has 9 heteroatoms. The number of hydrogen-bond acceptors (Lipinski definition) is 4. The lowest BCUT2D eigenvalue weighted by atomic mass is 9.70. The van der Waals surface area contributed by atoms with Crippen molar-refractivity contribution in [3.63, 3.8) is 0 Å². The number of aliphatic hydroxyl groups is 1. The van der Waals surface area contributed by atoms with Gasteiger partial charge in [-0.15, -0.1) is 0 Å². The third-order valence-corrected chi connectivity index (χ3v) is 9.26. The van der Waals surface area contributed by atoms with Crippen molar-refractivity contribution in [3.8, 4) is 0 Å². The van der Waals surface area contributed by atoms with Gasteiger partial charge in [-0.2, -0.15) is 17.5 Å². The molecule has 174 valence electrons. The molecule has 0 bridgehead atoms. The molecule has 3 aliphatic rings. The number of sulfonamides is 1. The van der Waals surface area contributed by atoms with E-state index in [1.807, 2.05) is 0 Å². The molecule has 5 nitrogen and oxygen atoms in total. The molecule has 3 aliphatic heterocycles. The first-order valence-corrected chi connectivity index (χ1v) is 12.7. The molecule has 1 aromatic carbocycles. The highest BCUT2D eigenvalue weighted by Gasteiger charge is 2.52. The number of aliphatic hydroxyl groups excluding tert-OH is 1. The molecule has 0 radical (unpaired) electrons. The van der Waals surface area contributed by atoms with Crippen molar-refractivity contribution in [2.24, 2.45) is 11.8 Å². The third-order valence-electron chi connectivity index (χ3n) is 7.31. The predicted octanol–water partition coefficient (Wildman–Crippen LogP) is 3.73. The van der Waals surface area contributed by atoms with E-state index in [2.05, 4.69) is 4.90 Å². The summed E-state index contributed by atoms with van der Waals surface area (Å²) >= 11 is 0. The number of benzene rings is 1. The third kappa shape index (κ3) is 4.38. The Hall–Kier alpha value is -1.16. The standard InChI is InChI=1S/C22H31F3N2O3S/c23-22(24,25)18-9-1-2-11-20(18)31(29,30)27-15-16-7-5-12-26-13-6-8-17(21(16)26)19(27)10-3-4-14-28/h1-2,9,11,16-17,19,21,28H,3-8,10,12-15H2/t16-,17-,19-,21+/m1/s1. The molecule has 1 aromatic rings. The first-order valence-electron chi connectivity index (χ1n) is 11.3. The van der Waals surface area contributed by atoms with Crippen LogP contribution in [0, 0.1) is 11.8 Å². The van der Waals surface area contributed by atoms with Gasteiger partial charge in [0.05, 0.1) is 10.5 Å². The van der Waals surface area contributed by atoms with Gasteiger partial charge in [0.1, 0.15) is 0 Å². The van der Waals surface area contributed by atoms with E-state index >= 15 is 0 Å². The summed E-state index contributed by atoms with van der Waals surface area (Å²) < 4.78 is 69.7. The van der Waals surface area contributed by atoms with Crippen LogP contribution in [0.15, 0.2) is 29.2 Å². The van der Waals surface area contributed by atoms with Gasteiger partial charge >= 0.3 is 6.18 Å². The average Bonchev–Trinajstić information content (AvgIpc) is 2.75. The van der Waals surface area contributed by atoms with Gasteiger partial charge in [-0.05, 0) is 82.0 Å². The summed E-state index contributed by atoms with van der Waals surface area (Å²) in [5.41, 5.74) is -1.10. The van der Waals surface area contributed by atoms with Gasteiger partial charge in [-0.1, -0.05) is 12.1 Å². The number of hydrogen-bond donors (Lipinski definition) is 1. The Morgan fingerprint density at radius 3 is 2.48 bits per heavy atom. The topological polar surface area (TPSA) is 60.9 Å². The molecule has 3 fully saturated rings. The van der Waals surface area contributed by atoms with Gasteiger partial charge in [-0.3, -0.25) is 4.90 Å². The molecule has 3 saturated heterocycles. The zero-order valence-electron chi connectivity index (χ0n) is 17.6. The Morgan fingerprint density at radius 2 is 1.77 bits per heavy atom. The van der Waals surface area contributed by atoms with Crippen LogP contribution in [0.1, 0.15) is 50.5 Å². The monoisotopic (exact) mass is 460 g/mol. The minimum atomic E-state index is -4.74. The molecule has 1 N–H and O–H groups in total. The second-order valence-electron chi connectivity index (χ2n) is 9.09. The first-order chi connectivity index (χ1) is 14.7. The van der Waals surface area contributed by atoms with Gasteiger partial charge in [0.2, 0.25) is 10.0 Å². The van der Waals surface area contributed by atoms with Gasteiger partial charge < -0.3 is 5.11 Å². The molecule has 0 aromatic heterocycles. The highest BCUT2D eigenvalue weighted by atomic mass is 32.2. The van der Waals surface area contributed by atoms with Crippen molar-refractivity contribution in [1.82, 2.24) is 9.21 Å². The summed E-state index contributed by atoms with van der Waals surface area (Å²) in [4.78, 5) is 1.84. The van der Waals surface area contributed by atoms with Gasteiger partial charge in [0.25, 0.3) is 0 Å². The smallest absolute Gasteiger partial charge is 0.396 e. The number of piperidine rings is 3. The van der Waals surface area contributed by atoms with E-state index in [0.717, 1.165) is 50.9 Å². The Labute approximate surface area is 182 Å². The minimum Gasteiger partial charge on any atom is -0.396 e. The van der Waals surface area contributed by atoms with Crippen LogP contribution < -0.4 is 0 Å². The Bertz CT molecular complexity index is 875. The zero-order valence-corrected chi connectivity index (χ0v) is 18.4. The quantitative estimate of drug-likeness (QED) is 0.658. The lowest BCUT2D eigenvalue weighted by Crippen LogP contribution is -2.65. The van der Waals surface area contributed by atoms with Crippen molar-refractivity contribution in [2.75, 3.05) is 26.2 Å². The maximum absolute atomic E-state index is 13.7. The molecule has 4 atom stereocenters. The first kappa shape index (κ1) is 23.0. The normalized spacial score (nSPS) is 30.2. The van der Waals surface area contributed by atoms with Crippen LogP contribution in [-0.4, -0.2) is 61.1 Å². The zero-order chi connectivity index (χ0) is 22.2. The van der Waals surface area contributed by atoms with Gasteiger partial charge in [0.15, 0.2) is 0 Å². The maximum Gasteiger partial charge on any atom is 0.417 e. The summed E-state index contributed by atoms with van der Waals surface area (Å²) in [5, 5.41) is 9.22. The fraction of sp³-hybridized carbons (Fsp3) is 0.727.